The molecule has 0 saturated carbocycles. The van der Waals surface area contributed by atoms with Gasteiger partial charge in [-0.15, -0.1) is 0 Å². The van der Waals surface area contributed by atoms with Crippen LogP contribution in [0.3, 0.4) is 0 Å². The lowest BCUT2D eigenvalue weighted by Crippen LogP contribution is -2.61. The molecule has 1 saturated heterocycles. The summed E-state index contributed by atoms with van der Waals surface area (Å²) in [5.74, 6) is 0. The van der Waals surface area contributed by atoms with Crippen LogP contribution in [0.1, 0.15) is 0 Å². The zero-order chi connectivity index (χ0) is 17.7. The van der Waals surface area contributed by atoms with Gasteiger partial charge in [0.15, 0.2) is 12.6 Å². The van der Waals surface area contributed by atoms with Crippen molar-refractivity contribution in [3.63, 3.8) is 0 Å². The third-order valence-corrected chi connectivity index (χ3v) is 3.53. The van der Waals surface area contributed by atoms with Crippen LogP contribution in [-0.2, 0) is 14.3 Å². The molecule has 8 N–H and O–H groups in total. The summed E-state index contributed by atoms with van der Waals surface area (Å²) in [5.41, 5.74) is 0. The molecule has 1 heterocycles. The molecule has 11 heteroatoms. The van der Waals surface area contributed by atoms with Crippen LogP contribution >= 0.6 is 0 Å². The Labute approximate surface area is 130 Å². The molecule has 0 aliphatic carbocycles. The summed E-state index contributed by atoms with van der Waals surface area (Å²) in [7, 11) is 0. The van der Waals surface area contributed by atoms with Gasteiger partial charge in [-0.25, -0.2) is 0 Å². The highest BCUT2D eigenvalue weighted by molar-refractivity contribution is 5.56. The number of aliphatic hydroxyl groups is 8. The van der Waals surface area contributed by atoms with E-state index < -0.39 is 68.3 Å². The number of hydrogen-bond acceptors (Lipinski definition) is 11. The Bertz CT molecular complexity index is 365. The largest absolute Gasteiger partial charge is 0.394 e. The average molecular weight is 342 g/mol. The quantitative estimate of drug-likeness (QED) is 0.196. The van der Waals surface area contributed by atoms with Crippen molar-refractivity contribution in [1.29, 1.82) is 0 Å². The van der Waals surface area contributed by atoms with Gasteiger partial charge in [0.05, 0.1) is 13.2 Å². The number of aldehydes is 1. The second-order valence-corrected chi connectivity index (χ2v) is 5.17. The zero-order valence-corrected chi connectivity index (χ0v) is 12.0. The lowest BCUT2D eigenvalue weighted by Gasteiger charge is -2.42. The van der Waals surface area contributed by atoms with E-state index in [-0.39, 0.29) is 6.29 Å². The minimum atomic E-state index is -1.97. The smallest absolute Gasteiger partial charge is 0.187 e. The summed E-state index contributed by atoms with van der Waals surface area (Å²) in [4.78, 5) is 10.5. The van der Waals surface area contributed by atoms with Crippen LogP contribution in [0.2, 0.25) is 0 Å². The molecule has 9 atom stereocenters. The van der Waals surface area contributed by atoms with Crippen molar-refractivity contribution in [3.8, 4) is 0 Å². The van der Waals surface area contributed by atoms with E-state index >= 15 is 0 Å². The van der Waals surface area contributed by atoms with Crippen LogP contribution < -0.4 is 0 Å². The molecule has 1 rings (SSSR count). The maximum atomic E-state index is 10.5. The first-order valence-electron chi connectivity index (χ1n) is 6.84. The van der Waals surface area contributed by atoms with Gasteiger partial charge in [-0.05, 0) is 0 Å². The van der Waals surface area contributed by atoms with Crippen molar-refractivity contribution in [2.75, 3.05) is 13.2 Å². The van der Waals surface area contributed by atoms with E-state index in [1.165, 1.54) is 0 Å². The summed E-state index contributed by atoms with van der Waals surface area (Å²) in [6.45, 7) is -1.64. The Morgan fingerprint density at radius 3 is 2.13 bits per heavy atom. The molecular formula is C12H22O11. The van der Waals surface area contributed by atoms with E-state index in [4.69, 9.17) is 19.7 Å². The molecule has 5 unspecified atom stereocenters. The van der Waals surface area contributed by atoms with Gasteiger partial charge in [0.25, 0.3) is 0 Å². The standard InChI is InChI=1S/C12H22O11/c13-1-4(16)7(18)11(5(17)2-14)23-12-10(21)9(20)8(19)6(3-15)22-12/h1,4-12,14-21H,2-3H2/t4-,5+,6?,7+,8?,9?,10?,11+,12?/m0/s1. The van der Waals surface area contributed by atoms with Crippen molar-refractivity contribution >= 4 is 6.29 Å². The van der Waals surface area contributed by atoms with Crippen LogP contribution in [0.5, 0.6) is 0 Å². The van der Waals surface area contributed by atoms with E-state index in [9.17, 15) is 35.4 Å². The summed E-state index contributed by atoms with van der Waals surface area (Å²) in [5, 5.41) is 75.7. The van der Waals surface area contributed by atoms with Gasteiger partial charge in [0, 0.05) is 0 Å². The van der Waals surface area contributed by atoms with Crippen LogP contribution in [0.15, 0.2) is 0 Å². The van der Waals surface area contributed by atoms with Crippen LogP contribution in [0.25, 0.3) is 0 Å². The molecule has 23 heavy (non-hydrogen) atoms. The van der Waals surface area contributed by atoms with E-state index in [0.717, 1.165) is 0 Å². The maximum Gasteiger partial charge on any atom is 0.187 e. The van der Waals surface area contributed by atoms with Crippen molar-refractivity contribution < 1.29 is 55.1 Å². The first-order chi connectivity index (χ1) is 10.8. The fourth-order valence-electron chi connectivity index (χ4n) is 2.11. The summed E-state index contributed by atoms with van der Waals surface area (Å²) >= 11 is 0. The number of ether oxygens (including phenoxy) is 2. The molecule has 0 bridgehead atoms. The van der Waals surface area contributed by atoms with Gasteiger partial charge >= 0.3 is 0 Å². The van der Waals surface area contributed by atoms with Crippen molar-refractivity contribution in [2.24, 2.45) is 0 Å². The number of aliphatic hydroxyl groups excluding tert-OH is 8. The van der Waals surface area contributed by atoms with E-state index in [0.29, 0.717) is 0 Å². The molecule has 0 aromatic carbocycles. The topological polar surface area (TPSA) is 197 Å². The molecule has 0 spiro atoms. The minimum absolute atomic E-state index is 0.0294. The van der Waals surface area contributed by atoms with Crippen LogP contribution in [-0.4, -0.2) is 115 Å². The SMILES string of the molecule is O=C[C@H](O)[C@@H](O)[C@H](OC1OC(CO)C(O)C(O)C1O)[C@H](O)CO. The zero-order valence-electron chi connectivity index (χ0n) is 12.0. The average Bonchev–Trinajstić information content (AvgIpc) is 2.57. The van der Waals surface area contributed by atoms with Gasteiger partial charge < -0.3 is 55.1 Å². The van der Waals surface area contributed by atoms with E-state index in [1.807, 2.05) is 0 Å². The Hall–Kier alpha value is -0.730. The van der Waals surface area contributed by atoms with E-state index in [2.05, 4.69) is 0 Å². The third-order valence-electron chi connectivity index (χ3n) is 3.53. The van der Waals surface area contributed by atoms with Gasteiger partial charge in [-0.2, -0.15) is 0 Å². The highest BCUT2D eigenvalue weighted by Gasteiger charge is 2.46. The van der Waals surface area contributed by atoms with Gasteiger partial charge in [-0.1, -0.05) is 0 Å². The maximum absolute atomic E-state index is 10.5. The highest BCUT2D eigenvalue weighted by Crippen LogP contribution is 2.24. The Morgan fingerprint density at radius 1 is 1.04 bits per heavy atom. The molecule has 0 amide bonds. The predicted molar refractivity (Wildman–Crippen MR) is 69.8 cm³/mol. The molecule has 1 aliphatic rings. The lowest BCUT2D eigenvalue weighted by molar-refractivity contribution is -0.326. The Balaban J connectivity index is 2.91. The normalized spacial score (nSPS) is 37.0. The molecule has 1 aliphatic heterocycles. The van der Waals surface area contributed by atoms with Crippen molar-refractivity contribution in [2.45, 2.75) is 55.1 Å². The summed E-state index contributed by atoms with van der Waals surface area (Å²) < 4.78 is 10.1. The molecular weight excluding hydrogens is 320 g/mol. The summed E-state index contributed by atoms with van der Waals surface area (Å²) in [6.07, 6.45) is -15.7. The number of carbonyl (C=O) groups is 1. The van der Waals surface area contributed by atoms with Crippen molar-refractivity contribution in [3.05, 3.63) is 0 Å². The van der Waals surface area contributed by atoms with Gasteiger partial charge in [0.2, 0.25) is 0 Å². The highest BCUT2D eigenvalue weighted by atomic mass is 16.7. The van der Waals surface area contributed by atoms with Crippen LogP contribution in [0, 0.1) is 0 Å². The number of hydrogen-bond donors (Lipinski definition) is 8. The third kappa shape index (κ3) is 4.64. The number of carbonyl (C=O) groups excluding carboxylic acids is 1. The predicted octanol–water partition coefficient (Wildman–Crippen LogP) is -5.55. The van der Waals surface area contributed by atoms with Crippen molar-refractivity contribution in [1.82, 2.24) is 0 Å². The Morgan fingerprint density at radius 2 is 1.65 bits per heavy atom. The van der Waals surface area contributed by atoms with Gasteiger partial charge in [0.1, 0.15) is 48.8 Å². The molecule has 0 aromatic rings. The lowest BCUT2D eigenvalue weighted by atomic mass is 9.98. The van der Waals surface area contributed by atoms with Crippen LogP contribution in [0.4, 0.5) is 0 Å². The fourth-order valence-corrected chi connectivity index (χ4v) is 2.11. The second-order valence-electron chi connectivity index (χ2n) is 5.17. The van der Waals surface area contributed by atoms with E-state index in [1.54, 1.807) is 0 Å². The Kier molecular flexibility index (Phi) is 7.89. The second kappa shape index (κ2) is 8.94. The molecule has 136 valence electrons. The first-order valence-corrected chi connectivity index (χ1v) is 6.84. The molecule has 1 fully saturated rings. The summed E-state index contributed by atoms with van der Waals surface area (Å²) in [6, 6.07) is 0. The monoisotopic (exact) mass is 342 g/mol. The molecule has 11 nitrogen and oxygen atoms in total. The fraction of sp³-hybridized carbons (Fsp3) is 0.917. The molecule has 0 aromatic heterocycles. The minimum Gasteiger partial charge on any atom is -0.394 e. The first kappa shape index (κ1) is 20.3. The molecule has 0 radical (unpaired) electrons. The van der Waals surface area contributed by atoms with Gasteiger partial charge in [-0.3, -0.25) is 0 Å². The number of rotatable bonds is 8.